The fraction of sp³-hybridized carbons (Fsp3) is 0.455. The van der Waals surface area contributed by atoms with Crippen LogP contribution in [0.4, 0.5) is 5.69 Å². The Hall–Kier alpha value is -0.630. The minimum absolute atomic E-state index is 0.394. The van der Waals surface area contributed by atoms with Crippen LogP contribution in [0.25, 0.3) is 0 Å². The summed E-state index contributed by atoms with van der Waals surface area (Å²) in [6, 6.07) is 5.35. The van der Waals surface area contributed by atoms with E-state index >= 15 is 0 Å². The third-order valence-corrected chi connectivity index (χ3v) is 5.14. The number of rotatable bonds is 3. The minimum Gasteiger partial charge on any atom is -0.379 e. The molecular formula is C11H15BrN2O3S. The summed E-state index contributed by atoms with van der Waals surface area (Å²) in [6.45, 7) is 3.59. The van der Waals surface area contributed by atoms with E-state index in [0.717, 1.165) is 10.0 Å². The number of aryl methyl sites for hydroxylation is 1. The highest BCUT2D eigenvalue weighted by atomic mass is 79.9. The predicted molar refractivity (Wildman–Crippen MR) is 73.8 cm³/mol. The number of nitrogens with zero attached hydrogens (tertiary/aromatic N) is 1. The van der Waals surface area contributed by atoms with Crippen molar-refractivity contribution in [2.45, 2.75) is 6.92 Å². The molecule has 1 aliphatic heterocycles. The Balaban J connectivity index is 2.13. The van der Waals surface area contributed by atoms with E-state index in [1.807, 2.05) is 13.0 Å². The van der Waals surface area contributed by atoms with Crippen molar-refractivity contribution in [3.8, 4) is 0 Å². The molecule has 0 aromatic heterocycles. The van der Waals surface area contributed by atoms with E-state index in [1.54, 1.807) is 12.1 Å². The van der Waals surface area contributed by atoms with Gasteiger partial charge in [0.1, 0.15) is 0 Å². The lowest BCUT2D eigenvalue weighted by atomic mass is 10.2. The van der Waals surface area contributed by atoms with Crippen molar-refractivity contribution in [2.24, 2.45) is 0 Å². The maximum absolute atomic E-state index is 12.1. The van der Waals surface area contributed by atoms with Gasteiger partial charge >= 0.3 is 10.2 Å². The molecule has 0 aliphatic carbocycles. The van der Waals surface area contributed by atoms with Crippen molar-refractivity contribution in [1.82, 2.24) is 4.31 Å². The van der Waals surface area contributed by atoms with Crippen LogP contribution in [0.15, 0.2) is 22.7 Å². The number of nitrogens with one attached hydrogen (secondary N) is 1. The standard InChI is InChI=1S/C11H15BrN2O3S/c1-9-8-10(2-3-11(9)12)13-18(15,16)14-4-6-17-7-5-14/h2-3,8,13H,4-7H2,1H3. The summed E-state index contributed by atoms with van der Waals surface area (Å²) in [4.78, 5) is 0. The molecule has 0 bridgehead atoms. The van der Waals surface area contributed by atoms with Crippen molar-refractivity contribution in [3.05, 3.63) is 28.2 Å². The highest BCUT2D eigenvalue weighted by Gasteiger charge is 2.24. The second-order valence-corrected chi connectivity index (χ2v) is 6.61. The zero-order chi connectivity index (χ0) is 13.2. The van der Waals surface area contributed by atoms with E-state index < -0.39 is 10.2 Å². The number of ether oxygens (including phenoxy) is 1. The molecule has 7 heteroatoms. The quantitative estimate of drug-likeness (QED) is 0.916. The molecular weight excluding hydrogens is 320 g/mol. The van der Waals surface area contributed by atoms with Crippen molar-refractivity contribution in [3.63, 3.8) is 0 Å². The van der Waals surface area contributed by atoms with Gasteiger partial charge in [-0.1, -0.05) is 15.9 Å². The second kappa shape index (κ2) is 5.56. The molecule has 1 aromatic rings. The molecule has 100 valence electrons. The minimum atomic E-state index is -3.48. The smallest absolute Gasteiger partial charge is 0.301 e. The van der Waals surface area contributed by atoms with Gasteiger partial charge in [-0.2, -0.15) is 12.7 Å². The van der Waals surface area contributed by atoms with Gasteiger partial charge in [-0.25, -0.2) is 0 Å². The van der Waals surface area contributed by atoms with Crippen LogP contribution < -0.4 is 4.72 Å². The fourth-order valence-electron chi connectivity index (χ4n) is 1.71. The lowest BCUT2D eigenvalue weighted by Crippen LogP contribution is -2.43. The first-order chi connectivity index (χ1) is 8.49. The van der Waals surface area contributed by atoms with E-state index in [4.69, 9.17) is 4.74 Å². The van der Waals surface area contributed by atoms with Crippen LogP contribution in [0.1, 0.15) is 5.56 Å². The largest absolute Gasteiger partial charge is 0.379 e. The summed E-state index contributed by atoms with van der Waals surface area (Å²) in [7, 11) is -3.48. The van der Waals surface area contributed by atoms with Crippen LogP contribution >= 0.6 is 15.9 Å². The Bertz CT molecular complexity index is 527. The van der Waals surface area contributed by atoms with Crippen molar-refractivity contribution in [1.29, 1.82) is 0 Å². The van der Waals surface area contributed by atoms with Crippen molar-refractivity contribution < 1.29 is 13.2 Å². The summed E-state index contributed by atoms with van der Waals surface area (Å²) in [6.07, 6.45) is 0. The van der Waals surface area contributed by atoms with Gasteiger partial charge < -0.3 is 4.74 Å². The monoisotopic (exact) mass is 334 g/mol. The average Bonchev–Trinajstić information content (AvgIpc) is 2.35. The van der Waals surface area contributed by atoms with Crippen LogP contribution in [-0.2, 0) is 14.9 Å². The normalized spacial score (nSPS) is 17.7. The van der Waals surface area contributed by atoms with Crippen LogP contribution in [0.2, 0.25) is 0 Å². The number of anilines is 1. The van der Waals surface area contributed by atoms with Crippen LogP contribution in [0.5, 0.6) is 0 Å². The van der Waals surface area contributed by atoms with E-state index in [1.165, 1.54) is 4.31 Å². The Morgan fingerprint density at radius 3 is 2.61 bits per heavy atom. The third-order valence-electron chi connectivity index (χ3n) is 2.71. The fourth-order valence-corrected chi connectivity index (χ4v) is 3.14. The molecule has 2 rings (SSSR count). The molecule has 1 aromatic carbocycles. The predicted octanol–water partition coefficient (Wildman–Crippen LogP) is 1.75. The molecule has 0 saturated carbocycles. The van der Waals surface area contributed by atoms with E-state index in [9.17, 15) is 8.42 Å². The molecule has 1 saturated heterocycles. The van der Waals surface area contributed by atoms with Crippen LogP contribution in [0, 0.1) is 6.92 Å². The topological polar surface area (TPSA) is 58.6 Å². The van der Waals surface area contributed by atoms with Gasteiger partial charge in [0, 0.05) is 17.6 Å². The third kappa shape index (κ3) is 3.23. The maximum Gasteiger partial charge on any atom is 0.301 e. The average molecular weight is 335 g/mol. The molecule has 0 amide bonds. The molecule has 0 unspecified atom stereocenters. The van der Waals surface area contributed by atoms with E-state index in [-0.39, 0.29) is 0 Å². The molecule has 0 atom stereocenters. The maximum atomic E-state index is 12.1. The second-order valence-electron chi connectivity index (χ2n) is 4.08. The van der Waals surface area contributed by atoms with Crippen molar-refractivity contribution >= 4 is 31.8 Å². The van der Waals surface area contributed by atoms with Gasteiger partial charge in [0.25, 0.3) is 0 Å². The lowest BCUT2D eigenvalue weighted by Gasteiger charge is -2.26. The molecule has 0 radical (unpaired) electrons. The first-order valence-electron chi connectivity index (χ1n) is 5.61. The van der Waals surface area contributed by atoms with Crippen molar-refractivity contribution in [2.75, 3.05) is 31.0 Å². The molecule has 5 nitrogen and oxygen atoms in total. The van der Waals surface area contributed by atoms with Crippen LogP contribution in [0.3, 0.4) is 0 Å². The van der Waals surface area contributed by atoms with Gasteiger partial charge in [0.15, 0.2) is 0 Å². The zero-order valence-electron chi connectivity index (χ0n) is 10.0. The highest BCUT2D eigenvalue weighted by Crippen LogP contribution is 2.21. The van der Waals surface area contributed by atoms with Gasteiger partial charge in [-0.15, -0.1) is 0 Å². The lowest BCUT2D eigenvalue weighted by molar-refractivity contribution is 0.0733. The van der Waals surface area contributed by atoms with E-state index in [0.29, 0.717) is 32.0 Å². The Morgan fingerprint density at radius 1 is 1.33 bits per heavy atom. The number of hydrogen-bond donors (Lipinski definition) is 1. The number of morpholine rings is 1. The molecule has 18 heavy (non-hydrogen) atoms. The number of benzene rings is 1. The number of hydrogen-bond acceptors (Lipinski definition) is 3. The van der Waals surface area contributed by atoms with Gasteiger partial charge in [0.05, 0.1) is 18.9 Å². The summed E-state index contributed by atoms with van der Waals surface area (Å²) >= 11 is 3.38. The van der Waals surface area contributed by atoms with Gasteiger partial charge in [-0.05, 0) is 30.7 Å². The van der Waals surface area contributed by atoms with E-state index in [2.05, 4.69) is 20.7 Å². The summed E-state index contributed by atoms with van der Waals surface area (Å²) < 4.78 is 34.3. The molecule has 1 aliphatic rings. The first kappa shape index (κ1) is 13.8. The first-order valence-corrected chi connectivity index (χ1v) is 7.84. The number of halogens is 1. The molecule has 0 spiro atoms. The Morgan fingerprint density at radius 2 is 2.00 bits per heavy atom. The summed E-state index contributed by atoms with van der Waals surface area (Å²) in [5, 5.41) is 0. The molecule has 1 heterocycles. The van der Waals surface area contributed by atoms with Crippen LogP contribution in [-0.4, -0.2) is 39.0 Å². The summed E-state index contributed by atoms with van der Waals surface area (Å²) in [5.41, 5.74) is 1.55. The Kier molecular flexibility index (Phi) is 4.26. The SMILES string of the molecule is Cc1cc(NS(=O)(=O)N2CCOCC2)ccc1Br. The van der Waals surface area contributed by atoms with Gasteiger partial charge in [-0.3, -0.25) is 4.72 Å². The Labute approximate surface area is 115 Å². The molecule has 1 fully saturated rings. The molecule has 1 N–H and O–H groups in total. The zero-order valence-corrected chi connectivity index (χ0v) is 12.4. The highest BCUT2D eigenvalue weighted by molar-refractivity contribution is 9.10. The summed E-state index contributed by atoms with van der Waals surface area (Å²) in [5.74, 6) is 0. The van der Waals surface area contributed by atoms with Gasteiger partial charge in [0.2, 0.25) is 0 Å².